The van der Waals surface area contributed by atoms with Crippen LogP contribution in [-0.4, -0.2) is 73.9 Å². The molecule has 0 spiro atoms. The van der Waals surface area contributed by atoms with Crippen molar-refractivity contribution < 1.29 is 13.2 Å². The van der Waals surface area contributed by atoms with Gasteiger partial charge in [-0.1, -0.05) is 18.5 Å². The third kappa shape index (κ3) is 4.66. The number of anilines is 2. The van der Waals surface area contributed by atoms with Crippen LogP contribution in [0, 0.1) is 0 Å². The largest absolute Gasteiger partial charge is 0.367 e. The van der Waals surface area contributed by atoms with E-state index in [9.17, 15) is 13.2 Å². The molecule has 1 amide bonds. The minimum absolute atomic E-state index is 0.147. The van der Waals surface area contributed by atoms with Gasteiger partial charge in [0.15, 0.2) is 0 Å². The van der Waals surface area contributed by atoms with Crippen molar-refractivity contribution in [1.29, 1.82) is 0 Å². The van der Waals surface area contributed by atoms with Gasteiger partial charge in [-0.2, -0.15) is 4.31 Å². The highest BCUT2D eigenvalue weighted by Crippen LogP contribution is 2.31. The second kappa shape index (κ2) is 9.43. The van der Waals surface area contributed by atoms with Crippen LogP contribution in [0.2, 0.25) is 5.02 Å². The fraction of sp³-hybridized carbons (Fsp3) is 0.500. The molecule has 10 heteroatoms. The lowest BCUT2D eigenvalue weighted by molar-refractivity contribution is 0.101. The second-order valence-corrected chi connectivity index (χ2v) is 10.7. The molecule has 2 saturated heterocycles. The molecule has 0 radical (unpaired) electrons. The van der Waals surface area contributed by atoms with Crippen LogP contribution in [0.4, 0.5) is 11.4 Å². The first-order valence-corrected chi connectivity index (χ1v) is 12.9. The van der Waals surface area contributed by atoms with Gasteiger partial charge in [0.1, 0.15) is 10.6 Å². The molecule has 1 aromatic carbocycles. The van der Waals surface area contributed by atoms with Gasteiger partial charge < -0.3 is 19.7 Å². The average molecular weight is 480 g/mol. The van der Waals surface area contributed by atoms with E-state index in [-0.39, 0.29) is 16.5 Å². The highest BCUT2D eigenvalue weighted by Gasteiger charge is 2.29. The predicted molar refractivity (Wildman–Crippen MR) is 127 cm³/mol. The van der Waals surface area contributed by atoms with Crippen LogP contribution in [0.3, 0.4) is 0 Å². The summed E-state index contributed by atoms with van der Waals surface area (Å²) in [6.07, 6.45) is 3.23. The molecule has 1 aromatic heterocycles. The number of carbonyl (C=O) groups excluding carboxylic acids is 1. The van der Waals surface area contributed by atoms with Crippen LogP contribution in [0.1, 0.15) is 30.3 Å². The number of rotatable bonds is 6. The zero-order valence-electron chi connectivity index (χ0n) is 18.6. The van der Waals surface area contributed by atoms with Crippen molar-refractivity contribution in [3.63, 3.8) is 0 Å². The normalized spacial score (nSPS) is 18.3. The topological polar surface area (TPSA) is 77.9 Å². The minimum atomic E-state index is -3.59. The Hall–Kier alpha value is -2.07. The number of nitrogens with one attached hydrogen (secondary N) is 1. The van der Waals surface area contributed by atoms with Gasteiger partial charge in [-0.05, 0) is 43.7 Å². The third-order valence-corrected chi connectivity index (χ3v) is 8.38. The lowest BCUT2D eigenvalue weighted by Gasteiger charge is -2.36. The molecule has 0 atom stereocenters. The summed E-state index contributed by atoms with van der Waals surface area (Å²) in [6.45, 7) is 7.87. The van der Waals surface area contributed by atoms with Gasteiger partial charge in [0.05, 0.1) is 11.4 Å². The van der Waals surface area contributed by atoms with Gasteiger partial charge in [0.2, 0.25) is 10.0 Å². The number of halogens is 1. The zero-order chi connectivity index (χ0) is 22.9. The van der Waals surface area contributed by atoms with E-state index in [1.807, 2.05) is 12.1 Å². The molecule has 0 saturated carbocycles. The summed E-state index contributed by atoms with van der Waals surface area (Å²) >= 11 is 6.23. The van der Waals surface area contributed by atoms with E-state index in [1.165, 1.54) is 16.6 Å². The van der Waals surface area contributed by atoms with Crippen LogP contribution in [0.15, 0.2) is 35.4 Å². The van der Waals surface area contributed by atoms with Crippen LogP contribution >= 0.6 is 11.6 Å². The van der Waals surface area contributed by atoms with E-state index in [0.29, 0.717) is 23.8 Å². The molecular weight excluding hydrogens is 450 g/mol. The minimum Gasteiger partial charge on any atom is -0.367 e. The van der Waals surface area contributed by atoms with Crippen LogP contribution in [0.5, 0.6) is 0 Å². The number of carbonyl (C=O) groups is 1. The molecule has 1 N–H and O–H groups in total. The number of aromatic nitrogens is 1. The maximum atomic E-state index is 13.1. The molecule has 0 aliphatic carbocycles. The summed E-state index contributed by atoms with van der Waals surface area (Å²) in [5, 5.41) is 3.49. The van der Waals surface area contributed by atoms with Crippen LogP contribution in [0.25, 0.3) is 0 Å². The molecule has 32 heavy (non-hydrogen) atoms. The smallest absolute Gasteiger partial charge is 0.272 e. The Morgan fingerprint density at radius 1 is 1.06 bits per heavy atom. The molecule has 0 unspecified atom stereocenters. The van der Waals surface area contributed by atoms with Crippen molar-refractivity contribution in [2.45, 2.75) is 24.7 Å². The highest BCUT2D eigenvalue weighted by molar-refractivity contribution is 7.89. The van der Waals surface area contributed by atoms with E-state index >= 15 is 0 Å². The number of piperazine rings is 1. The van der Waals surface area contributed by atoms with E-state index in [0.717, 1.165) is 51.3 Å². The molecule has 8 nitrogen and oxygen atoms in total. The summed E-state index contributed by atoms with van der Waals surface area (Å²) < 4.78 is 28.8. The average Bonchev–Trinajstić information content (AvgIpc) is 3.45. The summed E-state index contributed by atoms with van der Waals surface area (Å²) in [5.41, 5.74) is 1.82. The Morgan fingerprint density at radius 3 is 2.41 bits per heavy atom. The van der Waals surface area contributed by atoms with Crippen LogP contribution < -0.4 is 10.2 Å². The Kier molecular flexibility index (Phi) is 6.80. The van der Waals surface area contributed by atoms with Crippen molar-refractivity contribution in [3.05, 3.63) is 41.2 Å². The SMILES string of the molecule is CCN1CCN(c2ccc(Cl)cc2NC(=O)c2cc(S(=O)(=O)N3CCCC3)cn2C)CC1. The number of nitrogens with zero attached hydrogens (tertiary/aromatic N) is 4. The van der Waals surface area contributed by atoms with Crippen molar-refractivity contribution in [2.75, 3.05) is 56.0 Å². The number of benzene rings is 1. The van der Waals surface area contributed by atoms with E-state index in [1.54, 1.807) is 17.7 Å². The monoisotopic (exact) mass is 479 g/mol. The Morgan fingerprint density at radius 2 is 1.75 bits per heavy atom. The van der Waals surface area contributed by atoms with Gasteiger partial charge in [0.25, 0.3) is 5.91 Å². The number of sulfonamides is 1. The Bertz CT molecular complexity index is 1090. The third-order valence-electron chi connectivity index (χ3n) is 6.28. The Labute approximate surface area is 194 Å². The molecule has 3 heterocycles. The first-order chi connectivity index (χ1) is 15.3. The second-order valence-electron chi connectivity index (χ2n) is 8.32. The summed E-state index contributed by atoms with van der Waals surface area (Å²) in [5.74, 6) is -0.369. The molecule has 2 aromatic rings. The van der Waals surface area contributed by atoms with Gasteiger partial charge in [-0.3, -0.25) is 4.79 Å². The van der Waals surface area contributed by atoms with Gasteiger partial charge in [-0.15, -0.1) is 0 Å². The summed E-state index contributed by atoms with van der Waals surface area (Å²) in [7, 11) is -1.91. The Balaban J connectivity index is 1.56. The number of amides is 1. The first-order valence-electron chi connectivity index (χ1n) is 11.0. The zero-order valence-corrected chi connectivity index (χ0v) is 20.1. The molecule has 2 aliphatic heterocycles. The summed E-state index contributed by atoms with van der Waals surface area (Å²) in [6, 6.07) is 6.94. The fourth-order valence-electron chi connectivity index (χ4n) is 4.35. The number of likely N-dealkylation sites (N-methyl/N-ethyl adjacent to an activating group) is 1. The summed E-state index contributed by atoms with van der Waals surface area (Å²) in [4.78, 5) is 17.9. The van der Waals surface area contributed by atoms with E-state index in [4.69, 9.17) is 11.6 Å². The highest BCUT2D eigenvalue weighted by atomic mass is 35.5. The lowest BCUT2D eigenvalue weighted by atomic mass is 10.2. The van der Waals surface area contributed by atoms with Gasteiger partial charge in [-0.25, -0.2) is 8.42 Å². The van der Waals surface area contributed by atoms with Crippen LogP contribution in [-0.2, 0) is 17.1 Å². The standard InChI is InChI=1S/C22H30ClN5O3S/c1-3-26-10-12-27(13-11-26)20-7-6-17(23)14-19(20)24-22(29)21-15-18(16-25(21)2)32(30,31)28-8-4-5-9-28/h6-7,14-16H,3-5,8-13H2,1-2H3,(H,24,29). The predicted octanol–water partition coefficient (Wildman–Crippen LogP) is 2.86. The van der Waals surface area contributed by atoms with E-state index in [2.05, 4.69) is 22.0 Å². The lowest BCUT2D eigenvalue weighted by Crippen LogP contribution is -2.46. The maximum absolute atomic E-state index is 13.1. The van der Waals surface area contributed by atoms with Gasteiger partial charge in [0, 0.05) is 57.5 Å². The van der Waals surface area contributed by atoms with Crippen molar-refractivity contribution in [2.24, 2.45) is 7.05 Å². The first kappa shape index (κ1) is 23.1. The van der Waals surface area contributed by atoms with Crippen molar-refractivity contribution in [3.8, 4) is 0 Å². The quantitative estimate of drug-likeness (QED) is 0.689. The molecule has 0 bridgehead atoms. The van der Waals surface area contributed by atoms with Crippen molar-refractivity contribution >= 4 is 38.9 Å². The van der Waals surface area contributed by atoms with Crippen molar-refractivity contribution in [1.82, 2.24) is 13.8 Å². The molecule has 2 aliphatic rings. The molecule has 4 rings (SSSR count). The number of aryl methyl sites for hydroxylation is 1. The maximum Gasteiger partial charge on any atom is 0.272 e. The fourth-order valence-corrected chi connectivity index (χ4v) is 6.12. The van der Waals surface area contributed by atoms with E-state index < -0.39 is 10.0 Å². The number of hydrogen-bond acceptors (Lipinski definition) is 5. The molecular formula is C22H30ClN5O3S. The molecule has 174 valence electrons. The van der Waals surface area contributed by atoms with Gasteiger partial charge >= 0.3 is 0 Å². The number of hydrogen-bond donors (Lipinski definition) is 1. The molecule has 2 fully saturated rings.